The van der Waals surface area contributed by atoms with Crippen molar-refractivity contribution in [3.8, 4) is 0 Å². The standard InChI is InChI=1S/C10H11NO3S/c1-6(2)7-3-9-10(11-4-7)8(12)5-15(9,13)14/h3-4,6H,5H2,1-2H3. The molecule has 0 aromatic carbocycles. The number of ketones is 1. The highest BCUT2D eigenvalue weighted by Crippen LogP contribution is 2.27. The Morgan fingerprint density at radius 2 is 2.07 bits per heavy atom. The van der Waals surface area contributed by atoms with Crippen molar-refractivity contribution in [2.45, 2.75) is 24.7 Å². The average molecular weight is 225 g/mol. The summed E-state index contributed by atoms with van der Waals surface area (Å²) in [6.45, 7) is 3.90. The maximum Gasteiger partial charge on any atom is 0.197 e. The third kappa shape index (κ3) is 1.56. The first-order chi connectivity index (χ1) is 6.92. The fourth-order valence-corrected chi connectivity index (χ4v) is 2.95. The Balaban J connectivity index is 2.68. The van der Waals surface area contributed by atoms with Crippen LogP contribution in [0.5, 0.6) is 0 Å². The molecule has 0 bridgehead atoms. The number of aromatic nitrogens is 1. The summed E-state index contributed by atoms with van der Waals surface area (Å²) >= 11 is 0. The molecule has 5 heteroatoms. The van der Waals surface area contributed by atoms with E-state index in [9.17, 15) is 13.2 Å². The molecule has 0 fully saturated rings. The Hall–Kier alpha value is -1.23. The van der Waals surface area contributed by atoms with Crippen LogP contribution in [0.2, 0.25) is 0 Å². The van der Waals surface area contributed by atoms with Gasteiger partial charge < -0.3 is 0 Å². The number of nitrogens with zero attached hydrogens (tertiary/aromatic N) is 1. The van der Waals surface area contributed by atoms with E-state index >= 15 is 0 Å². The lowest BCUT2D eigenvalue weighted by Gasteiger charge is -2.05. The average Bonchev–Trinajstić information content (AvgIpc) is 2.37. The van der Waals surface area contributed by atoms with Crippen molar-refractivity contribution >= 4 is 15.6 Å². The Morgan fingerprint density at radius 1 is 1.40 bits per heavy atom. The normalized spacial score (nSPS) is 18.2. The molecule has 0 saturated carbocycles. The number of sulfone groups is 1. The molecular formula is C10H11NO3S. The number of carbonyl (C=O) groups excluding carboxylic acids is 1. The number of fused-ring (bicyclic) bond motifs is 1. The Morgan fingerprint density at radius 3 is 2.67 bits per heavy atom. The van der Waals surface area contributed by atoms with Crippen LogP contribution in [-0.4, -0.2) is 24.9 Å². The smallest absolute Gasteiger partial charge is 0.197 e. The van der Waals surface area contributed by atoms with Crippen molar-refractivity contribution < 1.29 is 13.2 Å². The molecule has 1 aromatic heterocycles. The van der Waals surface area contributed by atoms with Gasteiger partial charge in [0.15, 0.2) is 15.6 Å². The SMILES string of the molecule is CC(C)c1cnc2c(c1)S(=O)(=O)CC2=O. The van der Waals surface area contributed by atoms with Gasteiger partial charge in [0, 0.05) is 6.20 Å². The lowest BCUT2D eigenvalue weighted by atomic mass is 10.1. The first-order valence-corrected chi connectivity index (χ1v) is 6.33. The molecular weight excluding hydrogens is 214 g/mol. The number of hydrogen-bond acceptors (Lipinski definition) is 4. The molecule has 15 heavy (non-hydrogen) atoms. The lowest BCUT2D eigenvalue weighted by molar-refractivity contribution is 0.101. The predicted molar refractivity (Wildman–Crippen MR) is 54.7 cm³/mol. The molecule has 1 aliphatic heterocycles. The predicted octanol–water partition coefficient (Wildman–Crippen LogP) is 1.18. The molecule has 0 atom stereocenters. The second kappa shape index (κ2) is 3.13. The molecule has 0 aliphatic carbocycles. The molecule has 1 aromatic rings. The first-order valence-electron chi connectivity index (χ1n) is 4.68. The highest BCUT2D eigenvalue weighted by Gasteiger charge is 2.34. The number of Topliss-reactive ketones (excluding diaryl/α,β-unsaturated/α-hetero) is 1. The summed E-state index contributed by atoms with van der Waals surface area (Å²) in [5.74, 6) is -0.634. The van der Waals surface area contributed by atoms with Gasteiger partial charge in [0.25, 0.3) is 0 Å². The zero-order chi connectivity index (χ0) is 11.2. The minimum absolute atomic E-state index is 0.0960. The Labute approximate surface area is 88.3 Å². The van der Waals surface area contributed by atoms with Crippen molar-refractivity contribution in [3.63, 3.8) is 0 Å². The van der Waals surface area contributed by atoms with Gasteiger partial charge in [-0.2, -0.15) is 0 Å². The Kier molecular flexibility index (Phi) is 2.15. The molecule has 2 rings (SSSR count). The van der Waals surface area contributed by atoms with Gasteiger partial charge in [0.1, 0.15) is 11.4 Å². The van der Waals surface area contributed by atoms with Gasteiger partial charge in [-0.25, -0.2) is 8.42 Å². The molecule has 2 heterocycles. The molecule has 0 unspecified atom stereocenters. The molecule has 4 nitrogen and oxygen atoms in total. The maximum atomic E-state index is 11.6. The van der Waals surface area contributed by atoms with Crippen molar-refractivity contribution in [3.05, 3.63) is 23.5 Å². The third-order valence-electron chi connectivity index (χ3n) is 2.46. The zero-order valence-electron chi connectivity index (χ0n) is 8.52. The van der Waals surface area contributed by atoms with Gasteiger partial charge in [0.2, 0.25) is 0 Å². The van der Waals surface area contributed by atoms with E-state index in [0.717, 1.165) is 5.56 Å². The summed E-state index contributed by atoms with van der Waals surface area (Å²) in [4.78, 5) is 15.3. The second-order valence-electron chi connectivity index (χ2n) is 3.95. The summed E-state index contributed by atoms with van der Waals surface area (Å²) in [7, 11) is -3.42. The summed E-state index contributed by atoms with van der Waals surface area (Å²) in [5.41, 5.74) is 0.937. The number of pyridine rings is 1. The number of hydrogen-bond donors (Lipinski definition) is 0. The van der Waals surface area contributed by atoms with Crippen molar-refractivity contribution in [1.29, 1.82) is 0 Å². The lowest BCUT2D eigenvalue weighted by Crippen LogP contribution is -2.03. The van der Waals surface area contributed by atoms with Gasteiger partial charge in [-0.1, -0.05) is 13.8 Å². The van der Waals surface area contributed by atoms with Gasteiger partial charge in [-0.15, -0.1) is 0 Å². The fraction of sp³-hybridized carbons (Fsp3) is 0.400. The van der Waals surface area contributed by atoms with E-state index in [1.165, 1.54) is 0 Å². The highest BCUT2D eigenvalue weighted by molar-refractivity contribution is 7.92. The van der Waals surface area contributed by atoms with E-state index < -0.39 is 21.4 Å². The zero-order valence-corrected chi connectivity index (χ0v) is 9.34. The summed E-state index contributed by atoms with van der Waals surface area (Å²) in [6.07, 6.45) is 1.57. The third-order valence-corrected chi connectivity index (χ3v) is 4.08. The van der Waals surface area contributed by atoms with Crippen LogP contribution in [0.3, 0.4) is 0 Å². The summed E-state index contributed by atoms with van der Waals surface area (Å²) < 4.78 is 23.2. The van der Waals surface area contributed by atoms with E-state index in [1.807, 2.05) is 13.8 Å². The Bertz CT molecular complexity index is 532. The van der Waals surface area contributed by atoms with E-state index in [-0.39, 0.29) is 16.5 Å². The van der Waals surface area contributed by atoms with Crippen LogP contribution in [0, 0.1) is 0 Å². The van der Waals surface area contributed by atoms with Gasteiger partial charge in [-0.3, -0.25) is 9.78 Å². The van der Waals surface area contributed by atoms with Crippen LogP contribution in [0.15, 0.2) is 17.2 Å². The van der Waals surface area contributed by atoms with Crippen LogP contribution >= 0.6 is 0 Å². The van der Waals surface area contributed by atoms with E-state index in [0.29, 0.717) is 0 Å². The molecule has 80 valence electrons. The molecule has 1 aliphatic rings. The van der Waals surface area contributed by atoms with Crippen LogP contribution in [0.1, 0.15) is 35.8 Å². The highest BCUT2D eigenvalue weighted by atomic mass is 32.2. The maximum absolute atomic E-state index is 11.6. The first kappa shape index (κ1) is 10.3. The van der Waals surface area contributed by atoms with Crippen LogP contribution in [-0.2, 0) is 9.84 Å². The summed E-state index contributed by atoms with van der Waals surface area (Å²) in [5, 5.41) is 0. The van der Waals surface area contributed by atoms with Crippen molar-refractivity contribution in [2.24, 2.45) is 0 Å². The molecule has 0 radical (unpaired) electrons. The largest absolute Gasteiger partial charge is 0.291 e. The van der Waals surface area contributed by atoms with Gasteiger partial charge in [-0.05, 0) is 17.5 Å². The van der Waals surface area contributed by atoms with Gasteiger partial charge >= 0.3 is 0 Å². The minimum Gasteiger partial charge on any atom is -0.291 e. The summed E-state index contributed by atoms with van der Waals surface area (Å²) in [6, 6.07) is 1.56. The van der Waals surface area contributed by atoms with Crippen molar-refractivity contribution in [2.75, 3.05) is 5.75 Å². The van der Waals surface area contributed by atoms with E-state index in [4.69, 9.17) is 0 Å². The topological polar surface area (TPSA) is 64.1 Å². The van der Waals surface area contributed by atoms with E-state index in [1.54, 1.807) is 12.3 Å². The van der Waals surface area contributed by atoms with Crippen LogP contribution in [0.25, 0.3) is 0 Å². The van der Waals surface area contributed by atoms with Gasteiger partial charge in [0.05, 0.1) is 4.90 Å². The quantitative estimate of drug-likeness (QED) is 0.719. The number of rotatable bonds is 1. The molecule has 0 spiro atoms. The van der Waals surface area contributed by atoms with Crippen LogP contribution < -0.4 is 0 Å². The second-order valence-corrected chi connectivity index (χ2v) is 5.91. The monoisotopic (exact) mass is 225 g/mol. The van der Waals surface area contributed by atoms with Crippen LogP contribution in [0.4, 0.5) is 0 Å². The van der Waals surface area contributed by atoms with Crippen molar-refractivity contribution in [1.82, 2.24) is 4.98 Å². The number of carbonyl (C=O) groups is 1. The minimum atomic E-state index is -3.42. The molecule has 0 amide bonds. The molecule has 0 saturated heterocycles. The van der Waals surface area contributed by atoms with E-state index in [2.05, 4.69) is 4.98 Å². The fourth-order valence-electron chi connectivity index (χ4n) is 1.54. The molecule has 0 N–H and O–H groups in total.